The zero-order valence-electron chi connectivity index (χ0n) is 10.6. The maximum Gasteiger partial charge on any atom is 0.259 e. The molecule has 0 aromatic carbocycles. The van der Waals surface area contributed by atoms with Gasteiger partial charge in [0.05, 0.1) is 25.1 Å². The molecule has 0 aliphatic heterocycles. The molecule has 0 aliphatic carbocycles. The number of terminal acetylenes is 1. The molecule has 0 spiro atoms. The number of rotatable bonds is 8. The van der Waals surface area contributed by atoms with Crippen molar-refractivity contribution in [2.75, 3.05) is 25.4 Å². The Labute approximate surface area is 129 Å². The second-order valence-corrected chi connectivity index (χ2v) is 5.46. The van der Waals surface area contributed by atoms with E-state index in [-0.39, 0.29) is 13.1 Å². The predicted octanol–water partition coefficient (Wildman–Crippen LogP) is 1.30. The van der Waals surface area contributed by atoms with Crippen molar-refractivity contribution in [1.29, 1.82) is 0 Å². The molecule has 0 bridgehead atoms. The number of halogens is 1. The first kappa shape index (κ1) is 16.5. The summed E-state index contributed by atoms with van der Waals surface area (Å²) in [4.78, 5) is 21.2. The summed E-state index contributed by atoms with van der Waals surface area (Å²) in [6, 6.07) is 0. The van der Waals surface area contributed by atoms with Gasteiger partial charge in [0.15, 0.2) is 5.84 Å². The van der Waals surface area contributed by atoms with E-state index in [2.05, 4.69) is 42.1 Å². The molecule has 9 heteroatoms. The third-order valence-electron chi connectivity index (χ3n) is 2.12. The van der Waals surface area contributed by atoms with Crippen LogP contribution in [0.3, 0.4) is 0 Å². The largest absolute Gasteiger partial charge is 0.357 e. The molecule has 0 aliphatic rings. The van der Waals surface area contributed by atoms with Crippen LogP contribution in [-0.4, -0.2) is 46.1 Å². The van der Waals surface area contributed by atoms with E-state index < -0.39 is 4.92 Å². The maximum absolute atomic E-state index is 10.5. The summed E-state index contributed by atoms with van der Waals surface area (Å²) >= 11 is 4.99. The lowest BCUT2D eigenvalue weighted by atomic mass is 10.5. The minimum atomic E-state index is -0.433. The van der Waals surface area contributed by atoms with Crippen molar-refractivity contribution in [3.63, 3.8) is 0 Å². The molecule has 0 radical (unpaired) electrons. The number of aromatic nitrogens is 2. The molecule has 0 unspecified atom stereocenters. The second kappa shape index (κ2) is 9.39. The molecular weight excluding hydrogens is 346 g/mol. The highest BCUT2D eigenvalue weighted by Crippen LogP contribution is 2.17. The van der Waals surface area contributed by atoms with E-state index in [0.29, 0.717) is 12.4 Å². The number of hydrogen-bond donors (Lipinski definition) is 2. The van der Waals surface area contributed by atoms with Crippen LogP contribution in [0.4, 0.5) is 0 Å². The lowest BCUT2D eigenvalue weighted by Gasteiger charge is -2.03. The van der Waals surface area contributed by atoms with Crippen molar-refractivity contribution in [3.8, 4) is 12.3 Å². The topological polar surface area (TPSA) is 96.2 Å². The van der Waals surface area contributed by atoms with Gasteiger partial charge in [-0.05, 0) is 15.9 Å². The molecule has 1 aromatic heterocycles. The van der Waals surface area contributed by atoms with Crippen LogP contribution in [0.5, 0.6) is 0 Å². The molecule has 7 nitrogen and oxygen atoms in total. The van der Waals surface area contributed by atoms with Gasteiger partial charge in [-0.2, -0.15) is 11.8 Å². The molecule has 2 N–H and O–H groups in total. The fourth-order valence-electron chi connectivity index (χ4n) is 1.26. The van der Waals surface area contributed by atoms with E-state index in [1.165, 1.54) is 0 Å². The van der Waals surface area contributed by atoms with Crippen molar-refractivity contribution >= 4 is 33.5 Å². The van der Waals surface area contributed by atoms with Gasteiger partial charge in [0, 0.05) is 16.4 Å². The summed E-state index contributed by atoms with van der Waals surface area (Å²) < 4.78 is 0.804. The van der Waals surface area contributed by atoms with E-state index in [0.717, 1.165) is 21.8 Å². The molecule has 20 heavy (non-hydrogen) atoms. The van der Waals surface area contributed by atoms with E-state index in [9.17, 15) is 10.1 Å². The number of nitro groups is 1. The van der Waals surface area contributed by atoms with Crippen LogP contribution in [0.1, 0.15) is 5.69 Å². The Balaban J connectivity index is 2.30. The van der Waals surface area contributed by atoms with Gasteiger partial charge in [0.1, 0.15) is 4.60 Å². The second-order valence-electron chi connectivity index (χ2n) is 3.60. The highest BCUT2D eigenvalue weighted by atomic mass is 79.9. The minimum Gasteiger partial charge on any atom is -0.357 e. The Morgan fingerprint density at radius 2 is 2.55 bits per heavy atom. The molecule has 0 saturated carbocycles. The number of H-pyrrole nitrogens is 1. The molecule has 0 fully saturated rings. The molecule has 0 amide bonds. The summed E-state index contributed by atoms with van der Waals surface area (Å²) in [5, 5.41) is 13.2. The Hall–Kier alpha value is -1.53. The van der Waals surface area contributed by atoms with Gasteiger partial charge in [0.25, 0.3) is 6.54 Å². The Morgan fingerprint density at radius 1 is 1.75 bits per heavy atom. The van der Waals surface area contributed by atoms with Crippen LogP contribution >= 0.6 is 27.7 Å². The molecule has 0 atom stereocenters. The Morgan fingerprint density at radius 3 is 3.15 bits per heavy atom. The van der Waals surface area contributed by atoms with Crippen molar-refractivity contribution < 1.29 is 4.92 Å². The highest BCUT2D eigenvalue weighted by Gasteiger charge is 2.06. The maximum atomic E-state index is 10.5. The monoisotopic (exact) mass is 359 g/mol. The Kier molecular flexibility index (Phi) is 7.75. The number of thioether (sulfide) groups is 1. The van der Waals surface area contributed by atoms with Crippen molar-refractivity contribution in [3.05, 3.63) is 26.7 Å². The van der Waals surface area contributed by atoms with E-state index in [1.807, 2.05) is 0 Å². The highest BCUT2D eigenvalue weighted by molar-refractivity contribution is 9.10. The summed E-state index contributed by atoms with van der Waals surface area (Å²) in [7, 11) is 0. The standard InChI is InChI=1S/C11H14BrN5O2S/c1-2-3-13-10(6-17(18)19)14-4-5-20-7-9-11(12)16-8-15-9/h1,8H,3-7H2,(H,13,14)(H,15,16). The first-order chi connectivity index (χ1) is 9.63. The van der Waals surface area contributed by atoms with Crippen LogP contribution in [0.25, 0.3) is 0 Å². The molecule has 1 rings (SSSR count). The number of imidazole rings is 1. The summed E-state index contributed by atoms with van der Waals surface area (Å²) in [5.74, 6) is 4.21. The van der Waals surface area contributed by atoms with Crippen LogP contribution in [0, 0.1) is 22.5 Å². The van der Waals surface area contributed by atoms with Gasteiger partial charge in [-0.3, -0.25) is 15.1 Å². The molecule has 0 saturated heterocycles. The number of aromatic amines is 1. The van der Waals surface area contributed by atoms with Gasteiger partial charge >= 0.3 is 0 Å². The zero-order valence-corrected chi connectivity index (χ0v) is 13.0. The number of nitrogens with one attached hydrogen (secondary N) is 2. The van der Waals surface area contributed by atoms with Gasteiger partial charge in [-0.15, -0.1) is 6.42 Å². The van der Waals surface area contributed by atoms with Crippen molar-refractivity contribution in [2.45, 2.75) is 5.75 Å². The normalized spacial score (nSPS) is 11.1. The third-order valence-corrected chi connectivity index (χ3v) is 3.77. The number of hydrogen-bond acceptors (Lipinski definition) is 5. The van der Waals surface area contributed by atoms with Crippen LogP contribution in [-0.2, 0) is 5.75 Å². The molecular formula is C11H14BrN5O2S. The summed E-state index contributed by atoms with van der Waals surface area (Å²) in [6.07, 6.45) is 6.72. The third kappa shape index (κ3) is 6.58. The van der Waals surface area contributed by atoms with Gasteiger partial charge in [0.2, 0.25) is 0 Å². The zero-order chi connectivity index (χ0) is 14.8. The average molecular weight is 360 g/mol. The molecule has 1 heterocycles. The first-order valence-electron chi connectivity index (χ1n) is 5.71. The number of aliphatic imine (C=N–C) groups is 1. The fraction of sp³-hybridized carbons (Fsp3) is 0.455. The lowest BCUT2D eigenvalue weighted by molar-refractivity contribution is -0.463. The fourth-order valence-corrected chi connectivity index (χ4v) is 2.59. The molecule has 108 valence electrons. The van der Waals surface area contributed by atoms with Crippen LogP contribution in [0.2, 0.25) is 0 Å². The lowest BCUT2D eigenvalue weighted by Crippen LogP contribution is -2.31. The van der Waals surface area contributed by atoms with Crippen molar-refractivity contribution in [2.24, 2.45) is 4.99 Å². The van der Waals surface area contributed by atoms with E-state index in [4.69, 9.17) is 6.42 Å². The minimum absolute atomic E-state index is 0.237. The average Bonchev–Trinajstić information content (AvgIpc) is 2.80. The number of nitrogens with zero attached hydrogens (tertiary/aromatic N) is 3. The van der Waals surface area contributed by atoms with Gasteiger partial charge in [-0.25, -0.2) is 4.98 Å². The predicted molar refractivity (Wildman–Crippen MR) is 83.4 cm³/mol. The first-order valence-corrected chi connectivity index (χ1v) is 7.66. The quantitative estimate of drug-likeness (QED) is 0.182. The van der Waals surface area contributed by atoms with Gasteiger partial charge < -0.3 is 10.3 Å². The smallest absolute Gasteiger partial charge is 0.259 e. The van der Waals surface area contributed by atoms with Crippen LogP contribution < -0.4 is 5.32 Å². The number of amidine groups is 1. The SMILES string of the molecule is C#CCNC(C[N+](=O)[O-])=NCCSCc1[nH]cnc1Br. The molecule has 1 aromatic rings. The van der Waals surface area contributed by atoms with Gasteiger partial charge in [-0.1, -0.05) is 5.92 Å². The summed E-state index contributed by atoms with van der Waals surface area (Å²) in [5.41, 5.74) is 1.01. The van der Waals surface area contributed by atoms with E-state index >= 15 is 0 Å². The van der Waals surface area contributed by atoms with Crippen molar-refractivity contribution in [1.82, 2.24) is 15.3 Å². The Bertz CT molecular complexity index is 511. The summed E-state index contributed by atoms with van der Waals surface area (Å²) in [6.45, 7) is 0.399. The van der Waals surface area contributed by atoms with Crippen LogP contribution in [0.15, 0.2) is 15.9 Å². The van der Waals surface area contributed by atoms with E-state index in [1.54, 1.807) is 18.1 Å².